The average molecular weight is 294 g/mol. The van der Waals surface area contributed by atoms with Gasteiger partial charge in [-0.25, -0.2) is 0 Å². The lowest BCUT2D eigenvalue weighted by molar-refractivity contribution is 0.610. The van der Waals surface area contributed by atoms with E-state index in [1.165, 1.54) is 11.1 Å². The van der Waals surface area contributed by atoms with Crippen LogP contribution in [0.15, 0.2) is 0 Å². The number of anilines is 1. The highest BCUT2D eigenvalue weighted by atomic mass is 32.2. The zero-order valence-corrected chi connectivity index (χ0v) is 13.8. The molecule has 4 nitrogen and oxygen atoms in total. The number of aromatic nitrogens is 2. The van der Waals surface area contributed by atoms with Crippen LogP contribution in [0.25, 0.3) is 0 Å². The first-order valence-electron chi connectivity index (χ1n) is 7.59. The van der Waals surface area contributed by atoms with Gasteiger partial charge in [-0.1, -0.05) is 20.8 Å². The molecule has 2 heterocycles. The van der Waals surface area contributed by atoms with Gasteiger partial charge in [-0.2, -0.15) is 16.9 Å². The van der Waals surface area contributed by atoms with Gasteiger partial charge in [-0.3, -0.25) is 0 Å². The molecule has 1 fully saturated rings. The van der Waals surface area contributed by atoms with E-state index in [2.05, 4.69) is 42.8 Å². The second kappa shape index (κ2) is 6.76. The predicted octanol–water partition coefficient (Wildman–Crippen LogP) is 2.39. The summed E-state index contributed by atoms with van der Waals surface area (Å²) in [5, 5.41) is 9.60. The topological polar surface area (TPSA) is 55.0 Å². The molecule has 1 saturated heterocycles. The molecule has 20 heavy (non-hydrogen) atoms. The summed E-state index contributed by atoms with van der Waals surface area (Å²) in [5.41, 5.74) is 9.64. The highest BCUT2D eigenvalue weighted by Gasteiger charge is 2.29. The van der Waals surface area contributed by atoms with E-state index in [1.54, 1.807) is 0 Å². The van der Waals surface area contributed by atoms with Crippen LogP contribution in [0.3, 0.4) is 0 Å². The Morgan fingerprint density at radius 1 is 1.20 bits per heavy atom. The molecule has 0 aliphatic carbocycles. The molecular formula is C15H26N4S. The van der Waals surface area contributed by atoms with Crippen LogP contribution >= 0.6 is 11.8 Å². The monoisotopic (exact) mass is 294 g/mol. The zero-order chi connectivity index (χ0) is 14.7. The lowest BCUT2D eigenvalue weighted by atomic mass is 10.0. The summed E-state index contributed by atoms with van der Waals surface area (Å²) in [6.07, 6.45) is 1.90. The molecular weight excluding hydrogens is 268 g/mol. The van der Waals surface area contributed by atoms with Crippen LogP contribution in [0.4, 0.5) is 5.82 Å². The Labute approximate surface area is 126 Å². The summed E-state index contributed by atoms with van der Waals surface area (Å²) >= 11 is 2.03. The van der Waals surface area contributed by atoms with Gasteiger partial charge in [-0.05, 0) is 25.3 Å². The molecule has 0 aromatic carbocycles. The normalized spacial score (nSPS) is 23.1. The van der Waals surface area contributed by atoms with E-state index in [0.717, 1.165) is 36.7 Å². The van der Waals surface area contributed by atoms with Crippen LogP contribution < -0.4 is 10.6 Å². The third-order valence-electron chi connectivity index (χ3n) is 4.30. The first-order chi connectivity index (χ1) is 9.63. The SMILES string of the molecule is CCc1nnc(N2CCSC(C)C2C)c(CN)c1CC. The maximum Gasteiger partial charge on any atom is 0.156 e. The van der Waals surface area contributed by atoms with Crippen LogP contribution in [0.1, 0.15) is 44.5 Å². The quantitative estimate of drug-likeness (QED) is 0.924. The lowest BCUT2D eigenvalue weighted by Gasteiger charge is -2.39. The van der Waals surface area contributed by atoms with Crippen LogP contribution in [0.2, 0.25) is 0 Å². The van der Waals surface area contributed by atoms with E-state index >= 15 is 0 Å². The lowest BCUT2D eigenvalue weighted by Crippen LogP contribution is -2.46. The molecule has 2 atom stereocenters. The molecule has 1 aliphatic heterocycles. The van der Waals surface area contributed by atoms with Crippen molar-refractivity contribution in [3.63, 3.8) is 0 Å². The Morgan fingerprint density at radius 3 is 2.55 bits per heavy atom. The Morgan fingerprint density at radius 2 is 1.95 bits per heavy atom. The first kappa shape index (κ1) is 15.6. The first-order valence-corrected chi connectivity index (χ1v) is 8.64. The van der Waals surface area contributed by atoms with Crippen molar-refractivity contribution in [1.82, 2.24) is 10.2 Å². The van der Waals surface area contributed by atoms with Crippen molar-refractivity contribution in [3.05, 3.63) is 16.8 Å². The third-order valence-corrected chi connectivity index (χ3v) is 5.63. The van der Waals surface area contributed by atoms with Crippen LogP contribution in [0, 0.1) is 0 Å². The largest absolute Gasteiger partial charge is 0.350 e. The second-order valence-corrected chi connectivity index (χ2v) is 6.83. The summed E-state index contributed by atoms with van der Waals surface area (Å²) in [4.78, 5) is 2.40. The molecule has 0 radical (unpaired) electrons. The van der Waals surface area contributed by atoms with E-state index in [0.29, 0.717) is 17.8 Å². The van der Waals surface area contributed by atoms with Gasteiger partial charge < -0.3 is 10.6 Å². The fourth-order valence-corrected chi connectivity index (χ4v) is 4.02. The Balaban J connectivity index is 2.45. The second-order valence-electron chi connectivity index (χ2n) is 5.35. The molecule has 0 saturated carbocycles. The van der Waals surface area contributed by atoms with Crippen LogP contribution in [-0.2, 0) is 19.4 Å². The van der Waals surface area contributed by atoms with Crippen molar-refractivity contribution in [2.24, 2.45) is 5.73 Å². The standard InChI is InChI=1S/C15H26N4S/c1-5-12-13(9-16)15(18-17-14(12)6-2)19-7-8-20-11(4)10(19)3/h10-11H,5-9,16H2,1-4H3. The Bertz CT molecular complexity index is 463. The molecule has 112 valence electrons. The van der Waals surface area contributed by atoms with Gasteiger partial charge in [0.1, 0.15) is 0 Å². The number of hydrogen-bond acceptors (Lipinski definition) is 5. The van der Waals surface area contributed by atoms with Gasteiger partial charge in [-0.15, -0.1) is 5.10 Å². The van der Waals surface area contributed by atoms with E-state index in [9.17, 15) is 0 Å². The Hall–Kier alpha value is -0.810. The number of nitrogens with zero attached hydrogens (tertiary/aromatic N) is 3. The fraction of sp³-hybridized carbons (Fsp3) is 0.733. The number of hydrogen-bond donors (Lipinski definition) is 1. The molecule has 2 rings (SSSR count). The van der Waals surface area contributed by atoms with Crippen molar-refractivity contribution in [3.8, 4) is 0 Å². The molecule has 5 heteroatoms. The zero-order valence-electron chi connectivity index (χ0n) is 13.0. The minimum atomic E-state index is 0.477. The number of aryl methyl sites for hydroxylation is 1. The van der Waals surface area contributed by atoms with Gasteiger partial charge in [0.05, 0.1) is 5.69 Å². The highest BCUT2D eigenvalue weighted by molar-refractivity contribution is 8.00. The van der Waals surface area contributed by atoms with Crippen molar-refractivity contribution >= 4 is 17.6 Å². The molecule has 0 bridgehead atoms. The van der Waals surface area contributed by atoms with Gasteiger partial charge in [0.2, 0.25) is 0 Å². The Kier molecular flexibility index (Phi) is 5.27. The summed E-state index contributed by atoms with van der Waals surface area (Å²) in [5.74, 6) is 2.16. The minimum absolute atomic E-state index is 0.477. The van der Waals surface area contributed by atoms with Crippen molar-refractivity contribution in [2.75, 3.05) is 17.2 Å². The summed E-state index contributed by atoms with van der Waals surface area (Å²) in [6.45, 7) is 10.5. The van der Waals surface area contributed by atoms with Crippen LogP contribution in [0.5, 0.6) is 0 Å². The van der Waals surface area contributed by atoms with E-state index in [1.807, 2.05) is 11.8 Å². The number of rotatable bonds is 4. The van der Waals surface area contributed by atoms with Crippen molar-refractivity contribution < 1.29 is 0 Å². The van der Waals surface area contributed by atoms with Gasteiger partial charge >= 0.3 is 0 Å². The fourth-order valence-electron chi connectivity index (χ4n) is 2.92. The van der Waals surface area contributed by atoms with Crippen LogP contribution in [-0.4, -0.2) is 33.8 Å². The van der Waals surface area contributed by atoms with E-state index in [4.69, 9.17) is 5.73 Å². The molecule has 1 aromatic rings. The van der Waals surface area contributed by atoms with Gasteiger partial charge in [0.15, 0.2) is 5.82 Å². The maximum absolute atomic E-state index is 6.04. The molecule has 0 amide bonds. The highest BCUT2D eigenvalue weighted by Crippen LogP contribution is 2.31. The van der Waals surface area contributed by atoms with Gasteiger partial charge in [0, 0.05) is 35.7 Å². The number of thioether (sulfide) groups is 1. The predicted molar refractivity (Wildman–Crippen MR) is 87.4 cm³/mol. The maximum atomic E-state index is 6.04. The third kappa shape index (κ3) is 2.79. The number of nitrogens with two attached hydrogens (primary N) is 1. The van der Waals surface area contributed by atoms with E-state index < -0.39 is 0 Å². The minimum Gasteiger partial charge on any atom is -0.350 e. The van der Waals surface area contributed by atoms with Gasteiger partial charge in [0.25, 0.3) is 0 Å². The van der Waals surface area contributed by atoms with Crippen molar-refractivity contribution in [2.45, 2.75) is 58.4 Å². The summed E-state index contributed by atoms with van der Waals surface area (Å²) in [6, 6.07) is 0.477. The molecule has 0 spiro atoms. The van der Waals surface area contributed by atoms with Crippen molar-refractivity contribution in [1.29, 1.82) is 0 Å². The van der Waals surface area contributed by atoms with E-state index in [-0.39, 0.29) is 0 Å². The summed E-state index contributed by atoms with van der Waals surface area (Å²) < 4.78 is 0. The smallest absolute Gasteiger partial charge is 0.156 e. The molecule has 1 aromatic heterocycles. The average Bonchev–Trinajstić information content (AvgIpc) is 2.48. The molecule has 2 N–H and O–H groups in total. The summed E-state index contributed by atoms with van der Waals surface area (Å²) in [7, 11) is 0. The molecule has 1 aliphatic rings. The molecule has 2 unspecified atom stereocenters.